The first kappa shape index (κ1) is 22.1. The van der Waals surface area contributed by atoms with Gasteiger partial charge in [-0.15, -0.1) is 0 Å². The van der Waals surface area contributed by atoms with Crippen LogP contribution in [0.1, 0.15) is 39.5 Å². The molecule has 3 nitrogen and oxygen atoms in total. The lowest BCUT2D eigenvalue weighted by atomic mass is 9.90. The van der Waals surface area contributed by atoms with Gasteiger partial charge in [0, 0.05) is 21.9 Å². The van der Waals surface area contributed by atoms with E-state index in [2.05, 4.69) is 107 Å². The van der Waals surface area contributed by atoms with E-state index in [0.29, 0.717) is 0 Å². The van der Waals surface area contributed by atoms with Crippen LogP contribution >= 0.6 is 0 Å². The zero-order valence-corrected chi connectivity index (χ0v) is 22.0. The van der Waals surface area contributed by atoms with E-state index < -0.39 is 6.29 Å². The molecule has 1 aliphatic carbocycles. The van der Waals surface area contributed by atoms with Gasteiger partial charge in [0.15, 0.2) is 6.29 Å². The summed E-state index contributed by atoms with van der Waals surface area (Å²) in [5, 5.41) is 4.76. The first-order valence-electron chi connectivity index (χ1n) is 13.3. The van der Waals surface area contributed by atoms with Gasteiger partial charge in [-0.3, -0.25) is 0 Å². The number of fused-ring (bicyclic) bond motifs is 6. The number of benzene rings is 5. The van der Waals surface area contributed by atoms with Gasteiger partial charge in [0.05, 0.1) is 11.2 Å². The number of ether oxygens (including phenoxy) is 2. The molecule has 0 radical (unpaired) electrons. The number of para-hydroxylation sites is 2. The third-order valence-electron chi connectivity index (χ3n) is 8.90. The smallest absolute Gasteiger partial charge is 0.185 e. The Bertz CT molecular complexity index is 1920. The van der Waals surface area contributed by atoms with E-state index in [1.54, 1.807) is 0 Å². The first-order chi connectivity index (χ1) is 18.3. The summed E-state index contributed by atoms with van der Waals surface area (Å²) in [5.41, 5.74) is 9.49. The average Bonchev–Trinajstić information content (AvgIpc) is 3.52. The molecule has 3 heteroatoms. The monoisotopic (exact) mass is 496 g/mol. The maximum absolute atomic E-state index is 6.45. The second kappa shape index (κ2) is 7.35. The van der Waals surface area contributed by atoms with Gasteiger partial charge < -0.3 is 13.9 Å². The van der Waals surface area contributed by atoms with Crippen LogP contribution in [0.3, 0.4) is 0 Å². The second-order valence-electron chi connectivity index (χ2n) is 11.6. The summed E-state index contributed by atoms with van der Waals surface area (Å²) in [4.78, 5) is 0. The Kier molecular flexibility index (Phi) is 4.27. The van der Waals surface area contributed by atoms with E-state index in [4.69, 9.17) is 13.9 Å². The van der Waals surface area contributed by atoms with Crippen molar-refractivity contribution in [1.82, 2.24) is 0 Å². The van der Waals surface area contributed by atoms with E-state index in [1.165, 1.54) is 33.0 Å². The number of hydrogen-bond donors (Lipinski definition) is 0. The van der Waals surface area contributed by atoms with Gasteiger partial charge in [-0.1, -0.05) is 78.9 Å². The minimum absolute atomic E-state index is 0.379. The molecule has 38 heavy (non-hydrogen) atoms. The quantitative estimate of drug-likeness (QED) is 0.239. The van der Waals surface area contributed by atoms with Gasteiger partial charge in [0.2, 0.25) is 0 Å². The van der Waals surface area contributed by atoms with Crippen LogP contribution in [0.5, 0.6) is 0 Å². The zero-order valence-electron chi connectivity index (χ0n) is 22.0. The Hall–Kier alpha value is -3.92. The molecule has 0 N–H and O–H groups in total. The second-order valence-corrected chi connectivity index (χ2v) is 11.6. The van der Waals surface area contributed by atoms with Crippen molar-refractivity contribution in [1.29, 1.82) is 0 Å². The fourth-order valence-electron chi connectivity index (χ4n) is 6.20. The third kappa shape index (κ3) is 2.86. The fourth-order valence-corrected chi connectivity index (χ4v) is 6.20. The Morgan fingerprint density at radius 3 is 2.03 bits per heavy atom. The molecule has 0 bridgehead atoms. The molecule has 186 valence electrons. The predicted octanol–water partition coefficient (Wildman–Crippen LogP) is 9.66. The van der Waals surface area contributed by atoms with Crippen LogP contribution in [-0.2, 0) is 9.47 Å². The van der Waals surface area contributed by atoms with E-state index in [-0.39, 0.29) is 11.2 Å². The predicted molar refractivity (Wildman–Crippen MR) is 154 cm³/mol. The van der Waals surface area contributed by atoms with Crippen LogP contribution in [0.2, 0.25) is 0 Å². The molecular weight excluding hydrogens is 468 g/mol. The zero-order chi connectivity index (χ0) is 25.8. The number of hydrogen-bond acceptors (Lipinski definition) is 3. The summed E-state index contributed by atoms with van der Waals surface area (Å²) >= 11 is 0. The van der Waals surface area contributed by atoms with Crippen molar-refractivity contribution in [3.8, 4) is 33.4 Å². The molecule has 6 aromatic rings. The van der Waals surface area contributed by atoms with Crippen molar-refractivity contribution >= 4 is 32.7 Å². The highest BCUT2D eigenvalue weighted by Crippen LogP contribution is 2.52. The molecule has 0 unspecified atom stereocenters. The molecular formula is C35H28O3. The Morgan fingerprint density at radius 2 is 1.21 bits per heavy atom. The maximum Gasteiger partial charge on any atom is 0.185 e. The molecule has 0 spiro atoms. The first-order valence-corrected chi connectivity index (χ1v) is 13.3. The number of furan rings is 1. The van der Waals surface area contributed by atoms with E-state index >= 15 is 0 Å². The van der Waals surface area contributed by atoms with E-state index in [0.717, 1.165) is 38.6 Å². The lowest BCUT2D eigenvalue weighted by Gasteiger charge is -2.30. The Morgan fingerprint density at radius 1 is 0.553 bits per heavy atom. The van der Waals surface area contributed by atoms with Crippen molar-refractivity contribution in [3.05, 3.63) is 96.6 Å². The van der Waals surface area contributed by atoms with Crippen molar-refractivity contribution < 1.29 is 13.9 Å². The number of rotatable bonds is 2. The minimum atomic E-state index is -0.394. The topological polar surface area (TPSA) is 31.6 Å². The van der Waals surface area contributed by atoms with Crippen LogP contribution in [-0.4, -0.2) is 11.2 Å². The summed E-state index contributed by atoms with van der Waals surface area (Å²) in [5.74, 6) is 0. The van der Waals surface area contributed by atoms with E-state index in [9.17, 15) is 0 Å². The molecule has 1 saturated heterocycles. The van der Waals surface area contributed by atoms with Crippen molar-refractivity contribution in [3.63, 3.8) is 0 Å². The molecule has 5 aromatic carbocycles. The van der Waals surface area contributed by atoms with Crippen molar-refractivity contribution in [2.45, 2.75) is 45.2 Å². The van der Waals surface area contributed by atoms with Crippen LogP contribution in [0.15, 0.2) is 95.4 Å². The van der Waals surface area contributed by atoms with Gasteiger partial charge in [-0.05, 0) is 78.4 Å². The van der Waals surface area contributed by atoms with E-state index in [1.807, 2.05) is 12.1 Å². The average molecular weight is 497 g/mol. The summed E-state index contributed by atoms with van der Waals surface area (Å²) in [6.07, 6.45) is -0.394. The normalized spacial score (nSPS) is 17.6. The summed E-state index contributed by atoms with van der Waals surface area (Å²) in [7, 11) is 0. The maximum atomic E-state index is 6.45. The summed E-state index contributed by atoms with van der Waals surface area (Å²) in [6.45, 7) is 8.42. The summed E-state index contributed by atoms with van der Waals surface area (Å²) in [6, 6.07) is 32.5. The van der Waals surface area contributed by atoms with Gasteiger partial charge in [0.1, 0.15) is 11.2 Å². The summed E-state index contributed by atoms with van der Waals surface area (Å²) < 4.78 is 19.2. The molecule has 1 aliphatic heterocycles. The fraction of sp³-hybridized carbons (Fsp3) is 0.200. The molecule has 2 heterocycles. The van der Waals surface area contributed by atoms with Crippen LogP contribution < -0.4 is 0 Å². The highest BCUT2D eigenvalue weighted by molar-refractivity contribution is 6.17. The van der Waals surface area contributed by atoms with Crippen molar-refractivity contribution in [2.24, 2.45) is 0 Å². The van der Waals surface area contributed by atoms with Crippen LogP contribution in [0.25, 0.3) is 66.1 Å². The van der Waals surface area contributed by atoms with Crippen LogP contribution in [0.4, 0.5) is 0 Å². The Labute approximate surface area is 221 Å². The van der Waals surface area contributed by atoms with Gasteiger partial charge in [-0.2, -0.15) is 0 Å². The molecule has 0 atom stereocenters. The molecule has 1 fully saturated rings. The molecule has 1 aromatic heterocycles. The lowest BCUT2D eigenvalue weighted by molar-refractivity contribution is -0.0885. The molecule has 8 rings (SSSR count). The van der Waals surface area contributed by atoms with Crippen LogP contribution in [0, 0.1) is 0 Å². The van der Waals surface area contributed by atoms with Gasteiger partial charge >= 0.3 is 0 Å². The van der Waals surface area contributed by atoms with Gasteiger partial charge in [0.25, 0.3) is 0 Å². The molecule has 0 saturated carbocycles. The third-order valence-corrected chi connectivity index (χ3v) is 8.90. The largest absolute Gasteiger partial charge is 0.455 e. The Balaban J connectivity index is 1.29. The molecule has 2 aliphatic rings. The standard InChI is InChI=1S/C35H28O3/c1-34(2)35(3,4)38-33(37-34)28-18-17-26-22-16-15-20(19-29(22)25-12-8-11-24(28)31(25)26)21-10-7-13-27-23-9-5-6-14-30(23)36-32(21)27/h5-19,33H,1-4H3. The highest BCUT2D eigenvalue weighted by Gasteiger charge is 2.50. The highest BCUT2D eigenvalue weighted by atomic mass is 16.7. The minimum Gasteiger partial charge on any atom is -0.455 e. The van der Waals surface area contributed by atoms with Crippen molar-refractivity contribution in [2.75, 3.05) is 0 Å². The van der Waals surface area contributed by atoms with Gasteiger partial charge in [-0.25, -0.2) is 0 Å². The molecule has 0 amide bonds. The SMILES string of the molecule is CC1(C)OC(c2ccc3c4c(cccc24)-c2cc(-c4cccc5c4oc4ccccc45)ccc2-3)OC1(C)C. The lowest BCUT2D eigenvalue weighted by Crippen LogP contribution is -2.41.